The van der Waals surface area contributed by atoms with E-state index >= 15 is 0 Å². The lowest BCUT2D eigenvalue weighted by molar-refractivity contribution is 0.586. The SMILES string of the molecule is O=S1(=O)NC(=NCCc2ccccc2)Nc2ccc(F)cc21. The van der Waals surface area contributed by atoms with Gasteiger partial charge in [0.15, 0.2) is 0 Å². The zero-order valence-electron chi connectivity index (χ0n) is 11.6. The van der Waals surface area contributed by atoms with Crippen molar-refractivity contribution in [1.29, 1.82) is 0 Å². The molecule has 2 aromatic carbocycles. The molecule has 0 bridgehead atoms. The van der Waals surface area contributed by atoms with Gasteiger partial charge in [-0.3, -0.25) is 4.99 Å². The molecule has 7 heteroatoms. The highest BCUT2D eigenvalue weighted by molar-refractivity contribution is 7.90. The highest BCUT2D eigenvalue weighted by atomic mass is 32.2. The molecule has 0 aliphatic carbocycles. The first-order chi connectivity index (χ1) is 10.5. The minimum Gasteiger partial charge on any atom is -0.324 e. The molecule has 2 N–H and O–H groups in total. The predicted octanol–water partition coefficient (Wildman–Crippen LogP) is 2.13. The van der Waals surface area contributed by atoms with Crippen molar-refractivity contribution in [1.82, 2.24) is 4.72 Å². The molecule has 0 amide bonds. The van der Waals surface area contributed by atoms with Crippen LogP contribution in [-0.4, -0.2) is 20.9 Å². The molecule has 1 aliphatic heterocycles. The quantitative estimate of drug-likeness (QED) is 0.910. The van der Waals surface area contributed by atoms with Crippen molar-refractivity contribution in [2.45, 2.75) is 11.3 Å². The standard InChI is InChI=1S/C15H14FN3O2S/c16-12-6-7-13-14(10-12)22(20,21)19-15(18-13)17-9-8-11-4-2-1-3-5-11/h1-7,10H,8-9H2,(H2,17,18,19). The van der Waals surface area contributed by atoms with Crippen molar-refractivity contribution in [2.75, 3.05) is 11.9 Å². The number of aliphatic imine (C=N–C) groups is 1. The van der Waals surface area contributed by atoms with Crippen molar-refractivity contribution in [3.05, 3.63) is 59.9 Å². The number of hydrogen-bond acceptors (Lipinski definition) is 3. The third-order valence-electron chi connectivity index (χ3n) is 3.23. The lowest BCUT2D eigenvalue weighted by Gasteiger charge is -2.21. The highest BCUT2D eigenvalue weighted by Crippen LogP contribution is 2.25. The number of hydrogen-bond donors (Lipinski definition) is 2. The molecule has 0 aromatic heterocycles. The first-order valence-electron chi connectivity index (χ1n) is 6.72. The Bertz CT molecular complexity index is 820. The van der Waals surface area contributed by atoms with Gasteiger partial charge in [0.05, 0.1) is 5.69 Å². The largest absolute Gasteiger partial charge is 0.324 e. The van der Waals surface area contributed by atoms with E-state index in [4.69, 9.17) is 0 Å². The van der Waals surface area contributed by atoms with E-state index < -0.39 is 15.8 Å². The van der Waals surface area contributed by atoms with Crippen LogP contribution in [0.3, 0.4) is 0 Å². The molecule has 0 saturated carbocycles. The Balaban J connectivity index is 1.77. The van der Waals surface area contributed by atoms with Crippen LogP contribution in [0.5, 0.6) is 0 Å². The fourth-order valence-electron chi connectivity index (χ4n) is 2.17. The number of nitrogens with one attached hydrogen (secondary N) is 2. The Kier molecular flexibility index (Phi) is 3.81. The van der Waals surface area contributed by atoms with Gasteiger partial charge in [-0.15, -0.1) is 0 Å². The second kappa shape index (κ2) is 5.76. The summed E-state index contributed by atoms with van der Waals surface area (Å²) < 4.78 is 39.6. The first kappa shape index (κ1) is 14.5. The van der Waals surface area contributed by atoms with E-state index in [1.165, 1.54) is 12.1 Å². The molecular formula is C15H14FN3O2S. The monoisotopic (exact) mass is 319 g/mol. The van der Waals surface area contributed by atoms with Gasteiger partial charge < -0.3 is 5.32 Å². The average molecular weight is 319 g/mol. The summed E-state index contributed by atoms with van der Waals surface area (Å²) in [6.45, 7) is 0.436. The van der Waals surface area contributed by atoms with Crippen molar-refractivity contribution in [3.8, 4) is 0 Å². The molecule has 3 rings (SSSR count). The van der Waals surface area contributed by atoms with Gasteiger partial charge in [0, 0.05) is 6.54 Å². The van der Waals surface area contributed by atoms with Gasteiger partial charge in [0.1, 0.15) is 10.7 Å². The second-order valence-electron chi connectivity index (χ2n) is 4.84. The summed E-state index contributed by atoms with van der Waals surface area (Å²) >= 11 is 0. The maximum atomic E-state index is 13.2. The maximum Gasteiger partial charge on any atom is 0.266 e. The molecule has 0 fully saturated rings. The lowest BCUT2D eigenvalue weighted by Crippen LogP contribution is -2.41. The number of benzene rings is 2. The molecule has 22 heavy (non-hydrogen) atoms. The Morgan fingerprint density at radius 3 is 2.64 bits per heavy atom. The number of anilines is 1. The number of sulfonamides is 1. The van der Waals surface area contributed by atoms with E-state index in [9.17, 15) is 12.8 Å². The summed E-state index contributed by atoms with van der Waals surface area (Å²) in [5, 5.41) is 2.86. The minimum atomic E-state index is -3.79. The Hall–Kier alpha value is -2.41. The summed E-state index contributed by atoms with van der Waals surface area (Å²) in [4.78, 5) is 4.10. The van der Waals surface area contributed by atoms with Gasteiger partial charge in [-0.25, -0.2) is 17.5 Å². The minimum absolute atomic E-state index is 0.116. The molecule has 0 unspecified atom stereocenters. The van der Waals surface area contributed by atoms with Crippen molar-refractivity contribution < 1.29 is 12.8 Å². The van der Waals surface area contributed by atoms with Crippen LogP contribution in [0, 0.1) is 5.82 Å². The molecule has 5 nitrogen and oxygen atoms in total. The topological polar surface area (TPSA) is 70.6 Å². The zero-order valence-corrected chi connectivity index (χ0v) is 12.4. The maximum absolute atomic E-state index is 13.2. The van der Waals surface area contributed by atoms with Crippen LogP contribution in [-0.2, 0) is 16.4 Å². The third-order valence-corrected chi connectivity index (χ3v) is 4.61. The van der Waals surface area contributed by atoms with E-state index in [-0.39, 0.29) is 10.9 Å². The normalized spacial score (nSPS) is 17.4. The van der Waals surface area contributed by atoms with Gasteiger partial charge >= 0.3 is 0 Å². The summed E-state index contributed by atoms with van der Waals surface area (Å²) in [5.41, 5.74) is 1.44. The fraction of sp³-hybridized carbons (Fsp3) is 0.133. The summed E-state index contributed by atoms with van der Waals surface area (Å²) in [5.74, 6) is -0.453. The molecule has 1 aliphatic rings. The van der Waals surface area contributed by atoms with Gasteiger partial charge in [-0.2, -0.15) is 0 Å². The van der Waals surface area contributed by atoms with Crippen molar-refractivity contribution in [3.63, 3.8) is 0 Å². The number of rotatable bonds is 3. The van der Waals surface area contributed by atoms with E-state index in [1.54, 1.807) is 0 Å². The summed E-state index contributed by atoms with van der Waals surface area (Å²) in [6.07, 6.45) is 0.698. The van der Waals surface area contributed by atoms with Crippen LogP contribution in [0.4, 0.5) is 10.1 Å². The first-order valence-corrected chi connectivity index (χ1v) is 8.21. The second-order valence-corrected chi connectivity index (χ2v) is 6.49. The van der Waals surface area contributed by atoms with Crippen LogP contribution in [0.15, 0.2) is 58.4 Å². The number of fused-ring (bicyclic) bond motifs is 1. The fourth-order valence-corrected chi connectivity index (χ4v) is 3.33. The summed E-state index contributed by atoms with van der Waals surface area (Å²) in [7, 11) is -3.79. The van der Waals surface area contributed by atoms with E-state index in [0.29, 0.717) is 18.7 Å². The van der Waals surface area contributed by atoms with Crippen LogP contribution in [0.2, 0.25) is 0 Å². The third kappa shape index (κ3) is 3.09. The Morgan fingerprint density at radius 2 is 1.86 bits per heavy atom. The lowest BCUT2D eigenvalue weighted by atomic mass is 10.2. The van der Waals surface area contributed by atoms with Gasteiger partial charge in [0.25, 0.3) is 10.0 Å². The molecule has 1 heterocycles. The van der Waals surface area contributed by atoms with E-state index in [1.807, 2.05) is 30.3 Å². The highest BCUT2D eigenvalue weighted by Gasteiger charge is 2.26. The van der Waals surface area contributed by atoms with Crippen LogP contribution in [0.25, 0.3) is 0 Å². The zero-order chi connectivity index (χ0) is 15.6. The van der Waals surface area contributed by atoms with Crippen molar-refractivity contribution >= 4 is 21.7 Å². The molecule has 2 aromatic rings. The molecule has 0 saturated heterocycles. The molecule has 0 spiro atoms. The predicted molar refractivity (Wildman–Crippen MR) is 82.8 cm³/mol. The summed E-state index contributed by atoms with van der Waals surface area (Å²) in [6, 6.07) is 13.3. The molecule has 114 valence electrons. The number of halogens is 1. The van der Waals surface area contributed by atoms with Gasteiger partial charge in [-0.05, 0) is 30.2 Å². The smallest absolute Gasteiger partial charge is 0.266 e. The van der Waals surface area contributed by atoms with Gasteiger partial charge in [0.2, 0.25) is 5.96 Å². The Morgan fingerprint density at radius 1 is 1.09 bits per heavy atom. The van der Waals surface area contributed by atoms with Gasteiger partial charge in [-0.1, -0.05) is 30.3 Å². The van der Waals surface area contributed by atoms with Crippen LogP contribution < -0.4 is 10.0 Å². The molecule has 0 atom stereocenters. The average Bonchev–Trinajstić information content (AvgIpc) is 2.49. The molecular weight excluding hydrogens is 305 g/mol. The Labute approximate surface area is 127 Å². The number of guanidine groups is 1. The van der Waals surface area contributed by atoms with E-state index in [2.05, 4.69) is 15.0 Å². The van der Waals surface area contributed by atoms with Crippen LogP contribution in [0.1, 0.15) is 5.56 Å². The van der Waals surface area contributed by atoms with Crippen molar-refractivity contribution in [2.24, 2.45) is 4.99 Å². The van der Waals surface area contributed by atoms with Crippen LogP contribution >= 0.6 is 0 Å². The van der Waals surface area contributed by atoms with E-state index in [0.717, 1.165) is 11.6 Å². The molecule has 0 radical (unpaired) electrons. The number of nitrogens with zero attached hydrogens (tertiary/aromatic N) is 1.